The van der Waals surface area contributed by atoms with Crippen molar-refractivity contribution in [1.82, 2.24) is 25.1 Å². The van der Waals surface area contributed by atoms with E-state index in [0.29, 0.717) is 0 Å². The van der Waals surface area contributed by atoms with Crippen LogP contribution in [-0.4, -0.2) is 31.2 Å². The van der Waals surface area contributed by atoms with Crippen molar-refractivity contribution in [2.24, 2.45) is 0 Å². The van der Waals surface area contributed by atoms with Gasteiger partial charge < -0.3 is 5.32 Å². The van der Waals surface area contributed by atoms with Gasteiger partial charge in [0.15, 0.2) is 0 Å². The van der Waals surface area contributed by atoms with Gasteiger partial charge in [0.25, 0.3) is 0 Å². The van der Waals surface area contributed by atoms with Crippen LogP contribution >= 0.6 is 0 Å². The number of fused-ring (bicyclic) bond motifs is 1. The zero-order chi connectivity index (χ0) is 19.4. The summed E-state index contributed by atoms with van der Waals surface area (Å²) in [5.74, 6) is 6.56. The number of aromatic nitrogens is 4. The molecule has 6 nitrogen and oxygen atoms in total. The Hall–Kier alpha value is -3.20. The Bertz CT molecular complexity index is 1030. The van der Waals surface area contributed by atoms with Crippen LogP contribution in [0.4, 0.5) is 0 Å². The molecule has 0 aliphatic heterocycles. The van der Waals surface area contributed by atoms with E-state index < -0.39 is 11.6 Å². The predicted molar refractivity (Wildman–Crippen MR) is 107 cm³/mol. The van der Waals surface area contributed by atoms with Gasteiger partial charge in [0, 0.05) is 17.1 Å². The van der Waals surface area contributed by atoms with Gasteiger partial charge in [-0.05, 0) is 31.9 Å². The maximum absolute atomic E-state index is 12.8. The summed E-state index contributed by atoms with van der Waals surface area (Å²) in [4.78, 5) is 21.2. The van der Waals surface area contributed by atoms with E-state index in [2.05, 4.69) is 32.2 Å². The number of hydrogen-bond acceptors (Lipinski definition) is 4. The van der Waals surface area contributed by atoms with Crippen LogP contribution in [0.3, 0.4) is 0 Å². The summed E-state index contributed by atoms with van der Waals surface area (Å²) in [6.45, 7) is 1.82. The molecule has 1 saturated carbocycles. The maximum atomic E-state index is 12.8. The lowest BCUT2D eigenvalue weighted by Gasteiger charge is -2.34. The molecular formula is C22H23N5O. The number of rotatable bonds is 3. The number of nitrogens with one attached hydrogen (secondary N) is 1. The molecule has 1 aromatic carbocycles. The molecule has 6 heteroatoms. The minimum atomic E-state index is -0.504. The Morgan fingerprint density at radius 2 is 2.07 bits per heavy atom. The van der Waals surface area contributed by atoms with Gasteiger partial charge in [0.2, 0.25) is 5.91 Å². The zero-order valence-electron chi connectivity index (χ0n) is 15.9. The van der Waals surface area contributed by atoms with E-state index in [1.54, 1.807) is 17.2 Å². The van der Waals surface area contributed by atoms with Crippen molar-refractivity contribution in [2.75, 3.05) is 0 Å². The quantitative estimate of drug-likeness (QED) is 0.715. The monoisotopic (exact) mass is 373 g/mol. The van der Waals surface area contributed by atoms with Crippen molar-refractivity contribution < 1.29 is 4.79 Å². The van der Waals surface area contributed by atoms with Crippen molar-refractivity contribution >= 4 is 16.8 Å². The van der Waals surface area contributed by atoms with E-state index in [-0.39, 0.29) is 5.91 Å². The SMILES string of the molecule is CC(C(=O)NC1(C#Cc2cnc3ccccc3c2)CCCCC1)n1cncn1. The number of pyridine rings is 1. The van der Waals surface area contributed by atoms with Gasteiger partial charge in [-0.25, -0.2) is 9.67 Å². The van der Waals surface area contributed by atoms with Crippen molar-refractivity contribution in [1.29, 1.82) is 0 Å². The van der Waals surface area contributed by atoms with Gasteiger partial charge in [-0.1, -0.05) is 49.3 Å². The fourth-order valence-electron chi connectivity index (χ4n) is 3.65. The van der Waals surface area contributed by atoms with Gasteiger partial charge in [-0.15, -0.1) is 0 Å². The molecule has 142 valence electrons. The lowest BCUT2D eigenvalue weighted by atomic mass is 9.81. The largest absolute Gasteiger partial charge is 0.338 e. The second-order valence-electron chi connectivity index (χ2n) is 7.35. The molecule has 1 aliphatic rings. The van der Waals surface area contributed by atoms with Crippen LogP contribution < -0.4 is 5.32 Å². The average Bonchev–Trinajstić information content (AvgIpc) is 3.27. The summed E-state index contributed by atoms with van der Waals surface area (Å²) < 4.78 is 1.56. The van der Waals surface area contributed by atoms with Gasteiger partial charge in [-0.2, -0.15) is 5.10 Å². The highest BCUT2D eigenvalue weighted by Gasteiger charge is 2.33. The maximum Gasteiger partial charge on any atom is 0.245 e. The van der Waals surface area contributed by atoms with E-state index in [0.717, 1.165) is 42.1 Å². The first kappa shape index (κ1) is 18.2. The smallest absolute Gasteiger partial charge is 0.245 e. The lowest BCUT2D eigenvalue weighted by molar-refractivity contribution is -0.125. The number of benzene rings is 1. The molecule has 3 aromatic rings. The molecule has 0 saturated heterocycles. The molecule has 1 unspecified atom stereocenters. The van der Waals surface area contributed by atoms with Crippen LogP contribution in [0.15, 0.2) is 49.2 Å². The Morgan fingerprint density at radius 1 is 1.25 bits per heavy atom. The molecule has 4 rings (SSSR count). The number of para-hydroxylation sites is 1. The van der Waals surface area contributed by atoms with E-state index >= 15 is 0 Å². The second-order valence-corrected chi connectivity index (χ2v) is 7.35. The second kappa shape index (κ2) is 7.81. The first-order valence-corrected chi connectivity index (χ1v) is 9.69. The Morgan fingerprint density at radius 3 is 2.86 bits per heavy atom. The first-order chi connectivity index (χ1) is 13.7. The van der Waals surface area contributed by atoms with Gasteiger partial charge in [0.1, 0.15) is 24.2 Å². The van der Waals surface area contributed by atoms with Crippen LogP contribution in [0, 0.1) is 11.8 Å². The zero-order valence-corrected chi connectivity index (χ0v) is 15.9. The van der Waals surface area contributed by atoms with Gasteiger partial charge >= 0.3 is 0 Å². The topological polar surface area (TPSA) is 72.7 Å². The Kier molecular flexibility index (Phi) is 5.07. The normalized spacial score (nSPS) is 16.8. The Balaban J connectivity index is 1.59. The lowest BCUT2D eigenvalue weighted by Crippen LogP contribution is -2.50. The highest BCUT2D eigenvalue weighted by atomic mass is 16.2. The summed E-state index contributed by atoms with van der Waals surface area (Å²) in [5.41, 5.74) is 1.31. The average molecular weight is 373 g/mol. The highest BCUT2D eigenvalue weighted by molar-refractivity contribution is 5.81. The molecule has 28 heavy (non-hydrogen) atoms. The molecule has 1 aliphatic carbocycles. The van der Waals surface area contributed by atoms with E-state index in [1.165, 1.54) is 12.7 Å². The first-order valence-electron chi connectivity index (χ1n) is 9.69. The van der Waals surface area contributed by atoms with Crippen LogP contribution in [0.5, 0.6) is 0 Å². The summed E-state index contributed by atoms with van der Waals surface area (Å²) in [6.07, 6.45) is 9.80. The van der Waals surface area contributed by atoms with Crippen molar-refractivity contribution in [3.05, 3.63) is 54.7 Å². The molecule has 0 bridgehead atoms. The van der Waals surface area contributed by atoms with E-state index in [1.807, 2.05) is 37.3 Å². The summed E-state index contributed by atoms with van der Waals surface area (Å²) >= 11 is 0. The minimum Gasteiger partial charge on any atom is -0.338 e. The minimum absolute atomic E-state index is 0.0849. The molecule has 1 fully saturated rings. The number of carbonyl (C=O) groups is 1. The fraction of sp³-hybridized carbons (Fsp3) is 0.364. The molecule has 1 N–H and O–H groups in total. The van der Waals surface area contributed by atoms with E-state index in [9.17, 15) is 4.79 Å². The Labute approximate surface area is 164 Å². The third-order valence-corrected chi connectivity index (χ3v) is 5.32. The van der Waals surface area contributed by atoms with Crippen molar-refractivity contribution in [3.63, 3.8) is 0 Å². The van der Waals surface area contributed by atoms with Crippen molar-refractivity contribution in [2.45, 2.75) is 50.6 Å². The van der Waals surface area contributed by atoms with Crippen LogP contribution in [0.2, 0.25) is 0 Å². The molecule has 2 heterocycles. The number of hydrogen-bond donors (Lipinski definition) is 1. The molecule has 0 radical (unpaired) electrons. The van der Waals surface area contributed by atoms with Crippen LogP contribution in [-0.2, 0) is 4.79 Å². The fourth-order valence-corrected chi connectivity index (χ4v) is 3.65. The van der Waals surface area contributed by atoms with Crippen LogP contribution in [0.25, 0.3) is 10.9 Å². The number of carbonyl (C=O) groups excluding carboxylic acids is 1. The summed E-state index contributed by atoms with van der Waals surface area (Å²) in [6, 6.07) is 9.61. The van der Waals surface area contributed by atoms with Gasteiger partial charge in [0.05, 0.1) is 5.52 Å². The molecular weight excluding hydrogens is 350 g/mol. The molecule has 1 amide bonds. The number of nitrogens with zero attached hydrogens (tertiary/aromatic N) is 4. The third kappa shape index (κ3) is 3.89. The molecule has 1 atom stereocenters. The molecule has 0 spiro atoms. The number of amides is 1. The van der Waals surface area contributed by atoms with Crippen LogP contribution in [0.1, 0.15) is 50.6 Å². The van der Waals surface area contributed by atoms with Crippen molar-refractivity contribution in [3.8, 4) is 11.8 Å². The standard InChI is InChI=1S/C22H23N5O/c1-17(27-16-23-15-25-27)21(28)26-22(10-5-2-6-11-22)12-9-18-13-19-7-3-4-8-20(19)24-14-18/h3-4,7-8,13-17H,2,5-6,10-11H2,1H3,(H,26,28). The molecule has 2 aromatic heterocycles. The van der Waals surface area contributed by atoms with E-state index in [4.69, 9.17) is 0 Å². The third-order valence-electron chi connectivity index (χ3n) is 5.32. The van der Waals surface area contributed by atoms with Gasteiger partial charge in [-0.3, -0.25) is 9.78 Å². The predicted octanol–water partition coefficient (Wildman–Crippen LogP) is 3.26. The summed E-state index contributed by atoms with van der Waals surface area (Å²) in [5, 5.41) is 8.35. The highest BCUT2D eigenvalue weighted by Crippen LogP contribution is 2.28. The summed E-state index contributed by atoms with van der Waals surface area (Å²) in [7, 11) is 0.